The van der Waals surface area contributed by atoms with Crippen LogP contribution in [0.15, 0.2) is 95.0 Å². The molecule has 1 fully saturated rings. The molecule has 1 amide bonds. The Bertz CT molecular complexity index is 1990. The van der Waals surface area contributed by atoms with Crippen molar-refractivity contribution in [2.45, 2.75) is 87.9 Å². The number of hydrogen-bond acceptors (Lipinski definition) is 11. The predicted octanol–water partition coefficient (Wildman–Crippen LogP) is 9.14. The SMILES string of the molecule is C=CCOC12Oc3ccc(Oc4ccc(SC)cc4)cc3C3C(CCCCO)C(CCCCO)C=C(C(=NOCC)CC1N(CCC)C(=O)c1ccc4c(c1)OCO4)C32. The van der Waals surface area contributed by atoms with E-state index in [1.54, 1.807) is 36.0 Å². The number of aliphatic hydroxyl groups is 2. The van der Waals surface area contributed by atoms with Gasteiger partial charge in [-0.3, -0.25) is 4.79 Å². The minimum atomic E-state index is -1.36. The zero-order valence-electron chi connectivity index (χ0n) is 34.5. The molecule has 2 aliphatic heterocycles. The van der Waals surface area contributed by atoms with Crippen LogP contribution >= 0.6 is 11.8 Å². The maximum absolute atomic E-state index is 15.0. The topological polar surface area (TPSA) is 129 Å². The van der Waals surface area contributed by atoms with Crippen molar-refractivity contribution in [2.24, 2.45) is 22.9 Å². The Balaban J connectivity index is 1.43. The number of unbranched alkanes of at least 4 members (excludes halogenated alkanes) is 2. The molecule has 7 rings (SSSR count). The van der Waals surface area contributed by atoms with Crippen LogP contribution < -0.4 is 18.9 Å². The van der Waals surface area contributed by atoms with Crippen LogP contribution in [-0.2, 0) is 9.57 Å². The van der Waals surface area contributed by atoms with Gasteiger partial charge in [0.05, 0.1) is 18.2 Å². The number of allylic oxidation sites excluding steroid dienone is 1. The summed E-state index contributed by atoms with van der Waals surface area (Å²) in [5.41, 5.74) is 3.23. The largest absolute Gasteiger partial charge is 0.459 e. The number of nitrogens with zero attached hydrogens (tertiary/aromatic N) is 2. The summed E-state index contributed by atoms with van der Waals surface area (Å²) in [6, 6.07) is 18.8. The minimum absolute atomic E-state index is 0.0933. The summed E-state index contributed by atoms with van der Waals surface area (Å²) in [6.07, 6.45) is 11.9. The molecule has 0 saturated heterocycles. The molecule has 6 unspecified atom stereocenters. The van der Waals surface area contributed by atoms with Crippen LogP contribution in [-0.4, -0.2) is 84.6 Å². The lowest BCUT2D eigenvalue weighted by molar-refractivity contribution is -0.254. The van der Waals surface area contributed by atoms with Crippen molar-refractivity contribution >= 4 is 23.4 Å². The number of ether oxygens (including phenoxy) is 5. The second-order valence-electron chi connectivity index (χ2n) is 15.5. The van der Waals surface area contributed by atoms with E-state index in [2.05, 4.69) is 25.6 Å². The fourth-order valence-electron chi connectivity index (χ4n) is 9.47. The molecule has 0 bridgehead atoms. The molecule has 2 aliphatic carbocycles. The summed E-state index contributed by atoms with van der Waals surface area (Å²) >= 11 is 1.68. The van der Waals surface area contributed by atoms with E-state index in [1.807, 2.05) is 54.5 Å². The molecule has 3 aromatic rings. The van der Waals surface area contributed by atoms with E-state index in [9.17, 15) is 15.0 Å². The number of hydrogen-bond donors (Lipinski definition) is 2. The molecule has 0 radical (unpaired) electrons. The smallest absolute Gasteiger partial charge is 0.254 e. The highest BCUT2D eigenvalue weighted by atomic mass is 32.2. The maximum atomic E-state index is 15.0. The quantitative estimate of drug-likeness (QED) is 0.0493. The molecule has 11 nitrogen and oxygen atoms in total. The van der Waals surface area contributed by atoms with Gasteiger partial charge in [-0.2, -0.15) is 0 Å². The molecular formula is C47H58N2O9S. The molecule has 316 valence electrons. The Morgan fingerprint density at radius 2 is 1.71 bits per heavy atom. The number of oxime groups is 1. The first-order chi connectivity index (χ1) is 28.9. The Morgan fingerprint density at radius 3 is 2.44 bits per heavy atom. The van der Waals surface area contributed by atoms with Crippen LogP contribution in [0.2, 0.25) is 0 Å². The number of carbonyl (C=O) groups excluding carboxylic acids is 1. The second-order valence-corrected chi connectivity index (χ2v) is 16.4. The van der Waals surface area contributed by atoms with Gasteiger partial charge in [-0.25, -0.2) is 0 Å². The summed E-state index contributed by atoms with van der Waals surface area (Å²) in [5.74, 6) is 1.32. The Kier molecular flexibility index (Phi) is 14.2. The van der Waals surface area contributed by atoms with Crippen molar-refractivity contribution in [1.29, 1.82) is 0 Å². The van der Waals surface area contributed by atoms with Crippen molar-refractivity contribution in [1.82, 2.24) is 4.90 Å². The Labute approximate surface area is 352 Å². The standard InChI is InChI=1S/C47H58N2O9S/c1-5-22-49(46(52)32-14-20-41-42(27-32)54-30-53-41)43-29-39(48-56-7-3)37-26-31(12-8-10-23-50)36(13-9-11-24-51)44-38-28-34(57-33-15-18-35(59-4)19-16-33)17-21-40(38)58-47(43,45(37)44)55-25-6-2/h6,14-21,26-28,31,36,43-45,50-51H,2,5,7-13,22-25,29-30H2,1,3-4H3. The van der Waals surface area contributed by atoms with Crippen molar-refractivity contribution in [3.63, 3.8) is 0 Å². The third-order valence-electron chi connectivity index (χ3n) is 12.0. The summed E-state index contributed by atoms with van der Waals surface area (Å²) in [4.78, 5) is 23.9. The van der Waals surface area contributed by atoms with Gasteiger partial charge in [-0.1, -0.05) is 37.1 Å². The number of thioether (sulfide) groups is 1. The average Bonchev–Trinajstić information content (AvgIpc) is 3.74. The highest BCUT2D eigenvalue weighted by Crippen LogP contribution is 2.62. The summed E-state index contributed by atoms with van der Waals surface area (Å²) < 4.78 is 32.3. The van der Waals surface area contributed by atoms with E-state index in [0.29, 0.717) is 67.4 Å². The normalized spacial score (nSPS) is 24.4. The van der Waals surface area contributed by atoms with Crippen LogP contribution in [0.3, 0.4) is 0 Å². The number of aliphatic hydroxyl groups excluding tert-OH is 2. The van der Waals surface area contributed by atoms with Crippen molar-refractivity contribution in [3.05, 3.63) is 96.1 Å². The fourth-order valence-corrected chi connectivity index (χ4v) is 9.88. The number of fused-ring (bicyclic) bond motifs is 3. The molecule has 1 saturated carbocycles. The Morgan fingerprint density at radius 1 is 0.966 bits per heavy atom. The zero-order chi connectivity index (χ0) is 41.4. The summed E-state index contributed by atoms with van der Waals surface area (Å²) in [6.45, 7) is 9.35. The molecule has 0 aromatic heterocycles. The molecule has 59 heavy (non-hydrogen) atoms. The zero-order valence-corrected chi connectivity index (χ0v) is 35.3. The lowest BCUT2D eigenvalue weighted by Crippen LogP contribution is -2.70. The molecule has 3 aromatic carbocycles. The van der Waals surface area contributed by atoms with E-state index in [0.717, 1.165) is 53.2 Å². The van der Waals surface area contributed by atoms with Crippen LogP contribution in [0, 0.1) is 17.8 Å². The van der Waals surface area contributed by atoms with E-state index < -0.39 is 17.7 Å². The third kappa shape index (κ3) is 8.87. The summed E-state index contributed by atoms with van der Waals surface area (Å²) in [7, 11) is 0. The van der Waals surface area contributed by atoms with Gasteiger partial charge < -0.3 is 43.6 Å². The minimum Gasteiger partial charge on any atom is -0.459 e. The number of benzene rings is 3. The first kappa shape index (κ1) is 42.6. The third-order valence-corrected chi connectivity index (χ3v) is 12.7. The van der Waals surface area contributed by atoms with Gasteiger partial charge in [0, 0.05) is 48.1 Å². The van der Waals surface area contributed by atoms with E-state index in [4.69, 9.17) is 33.7 Å². The predicted molar refractivity (Wildman–Crippen MR) is 229 cm³/mol. The monoisotopic (exact) mass is 826 g/mol. The van der Waals surface area contributed by atoms with E-state index >= 15 is 0 Å². The van der Waals surface area contributed by atoms with Crippen LogP contribution in [0.5, 0.6) is 28.7 Å². The highest BCUT2D eigenvalue weighted by Gasteiger charge is 2.65. The summed E-state index contributed by atoms with van der Waals surface area (Å²) in [5, 5.41) is 24.6. The molecular weight excluding hydrogens is 769 g/mol. The van der Waals surface area contributed by atoms with Gasteiger partial charge in [0.1, 0.15) is 29.9 Å². The Hall–Kier alpha value is -4.49. The van der Waals surface area contributed by atoms with E-state index in [-0.39, 0.29) is 50.3 Å². The van der Waals surface area contributed by atoms with Crippen LogP contribution in [0.4, 0.5) is 0 Å². The maximum Gasteiger partial charge on any atom is 0.254 e. The van der Waals surface area contributed by atoms with Gasteiger partial charge in [0.15, 0.2) is 11.5 Å². The lowest BCUT2D eigenvalue weighted by atomic mass is 9.55. The first-order valence-electron chi connectivity index (χ1n) is 21.1. The van der Waals surface area contributed by atoms with Gasteiger partial charge in [0.2, 0.25) is 12.6 Å². The van der Waals surface area contributed by atoms with Gasteiger partial charge in [0.25, 0.3) is 5.91 Å². The first-order valence-corrected chi connectivity index (χ1v) is 22.3. The van der Waals surface area contributed by atoms with Gasteiger partial charge in [-0.15, -0.1) is 18.3 Å². The molecule has 0 spiro atoms. The van der Waals surface area contributed by atoms with Gasteiger partial charge in [-0.05, 0) is 123 Å². The van der Waals surface area contributed by atoms with E-state index in [1.165, 1.54) is 0 Å². The number of amides is 1. The average molecular weight is 827 g/mol. The molecule has 4 aliphatic rings. The lowest BCUT2D eigenvalue weighted by Gasteiger charge is -2.60. The van der Waals surface area contributed by atoms with Crippen molar-refractivity contribution < 1.29 is 43.5 Å². The van der Waals surface area contributed by atoms with Crippen LogP contribution in [0.1, 0.15) is 87.1 Å². The van der Waals surface area contributed by atoms with Crippen molar-refractivity contribution in [2.75, 3.05) is 46.0 Å². The molecule has 2 heterocycles. The second kappa shape index (κ2) is 19.7. The molecule has 6 atom stereocenters. The fraction of sp³-hybridized carbons (Fsp3) is 0.489. The number of rotatable bonds is 20. The highest BCUT2D eigenvalue weighted by molar-refractivity contribution is 7.98. The van der Waals surface area contributed by atoms with Gasteiger partial charge >= 0.3 is 0 Å². The van der Waals surface area contributed by atoms with Crippen molar-refractivity contribution in [3.8, 4) is 28.7 Å². The molecule has 12 heteroatoms. The molecule has 2 N–H and O–H groups in total. The van der Waals surface area contributed by atoms with Crippen LogP contribution in [0.25, 0.3) is 0 Å². The number of carbonyl (C=O) groups is 1.